The fraction of sp³-hybridized carbons (Fsp3) is 0.867. The molecule has 6 heteroatoms. The lowest BCUT2D eigenvalue weighted by atomic mass is 10.1. The number of piperidine rings is 1. The van der Waals surface area contributed by atoms with Crippen molar-refractivity contribution in [2.24, 2.45) is 0 Å². The van der Waals surface area contributed by atoms with Crippen LogP contribution in [0.4, 0.5) is 4.79 Å². The molecule has 3 N–H and O–H groups in total. The highest BCUT2D eigenvalue weighted by atomic mass is 16.4. The van der Waals surface area contributed by atoms with Crippen LogP contribution in [0.5, 0.6) is 0 Å². The molecule has 0 saturated carbocycles. The van der Waals surface area contributed by atoms with Gasteiger partial charge in [-0.2, -0.15) is 0 Å². The smallest absolute Gasteiger partial charge is 0.317 e. The molecule has 1 fully saturated rings. The average molecular weight is 299 g/mol. The van der Waals surface area contributed by atoms with Crippen LogP contribution in [0.1, 0.15) is 51.9 Å². The fourth-order valence-corrected chi connectivity index (χ4v) is 2.74. The van der Waals surface area contributed by atoms with E-state index in [0.29, 0.717) is 12.6 Å². The SMILES string of the molecule is CCN(C(=O)NCCCCCCC(=O)O)C1CCNCC1. The van der Waals surface area contributed by atoms with Crippen molar-refractivity contribution < 1.29 is 14.7 Å². The number of carboxylic acid groups (broad SMARTS) is 1. The molecule has 1 rings (SSSR count). The third kappa shape index (κ3) is 7.32. The zero-order valence-corrected chi connectivity index (χ0v) is 13.1. The summed E-state index contributed by atoms with van der Waals surface area (Å²) in [6, 6.07) is 0.391. The van der Waals surface area contributed by atoms with Gasteiger partial charge in [0.1, 0.15) is 0 Å². The minimum absolute atomic E-state index is 0.0370. The molecule has 0 radical (unpaired) electrons. The summed E-state index contributed by atoms with van der Waals surface area (Å²) in [5, 5.41) is 14.8. The first-order chi connectivity index (χ1) is 10.1. The van der Waals surface area contributed by atoms with Gasteiger partial charge in [0.25, 0.3) is 0 Å². The van der Waals surface area contributed by atoms with Crippen LogP contribution in [0.15, 0.2) is 0 Å². The van der Waals surface area contributed by atoms with E-state index in [2.05, 4.69) is 10.6 Å². The summed E-state index contributed by atoms with van der Waals surface area (Å²) in [6.07, 6.45) is 5.80. The molecular weight excluding hydrogens is 270 g/mol. The molecule has 0 aromatic rings. The largest absolute Gasteiger partial charge is 0.481 e. The standard InChI is InChI=1S/C15H29N3O3/c1-2-18(13-8-11-16-12-9-13)15(21)17-10-6-4-3-5-7-14(19)20/h13,16H,2-12H2,1H3,(H,17,21)(H,19,20). The Bertz CT molecular complexity index is 317. The molecule has 1 saturated heterocycles. The first-order valence-corrected chi connectivity index (χ1v) is 8.12. The highest BCUT2D eigenvalue weighted by molar-refractivity contribution is 5.74. The first kappa shape index (κ1) is 17.8. The second kappa shape index (κ2) is 10.4. The maximum atomic E-state index is 12.2. The second-order valence-corrected chi connectivity index (χ2v) is 5.56. The van der Waals surface area contributed by atoms with Gasteiger partial charge in [0.15, 0.2) is 0 Å². The number of amides is 2. The van der Waals surface area contributed by atoms with Crippen LogP contribution in [0.25, 0.3) is 0 Å². The van der Waals surface area contributed by atoms with Gasteiger partial charge in [-0.15, -0.1) is 0 Å². The maximum Gasteiger partial charge on any atom is 0.317 e. The van der Waals surface area contributed by atoms with E-state index in [1.165, 1.54) is 0 Å². The van der Waals surface area contributed by atoms with Gasteiger partial charge in [0.2, 0.25) is 0 Å². The summed E-state index contributed by atoms with van der Waals surface area (Å²) in [6.45, 7) is 5.41. The van der Waals surface area contributed by atoms with Crippen LogP contribution in [0.3, 0.4) is 0 Å². The highest BCUT2D eigenvalue weighted by Crippen LogP contribution is 2.11. The number of carbonyl (C=O) groups excluding carboxylic acids is 1. The monoisotopic (exact) mass is 299 g/mol. The summed E-state index contributed by atoms with van der Waals surface area (Å²) < 4.78 is 0. The molecular formula is C15H29N3O3. The molecule has 0 spiro atoms. The Morgan fingerprint density at radius 1 is 1.19 bits per heavy atom. The van der Waals surface area contributed by atoms with Gasteiger partial charge < -0.3 is 20.6 Å². The van der Waals surface area contributed by atoms with Crippen LogP contribution in [0.2, 0.25) is 0 Å². The van der Waals surface area contributed by atoms with E-state index in [4.69, 9.17) is 5.11 Å². The first-order valence-electron chi connectivity index (χ1n) is 8.12. The minimum atomic E-state index is -0.733. The third-order valence-corrected chi connectivity index (χ3v) is 3.94. The van der Waals surface area contributed by atoms with Crippen LogP contribution >= 0.6 is 0 Å². The van der Waals surface area contributed by atoms with E-state index in [0.717, 1.165) is 58.2 Å². The number of hydrogen-bond donors (Lipinski definition) is 3. The molecule has 0 bridgehead atoms. The Morgan fingerprint density at radius 2 is 1.86 bits per heavy atom. The van der Waals surface area contributed by atoms with Crippen LogP contribution in [-0.2, 0) is 4.79 Å². The number of rotatable bonds is 9. The Balaban J connectivity index is 2.12. The van der Waals surface area contributed by atoms with Crippen LogP contribution in [-0.4, -0.2) is 54.2 Å². The Hall–Kier alpha value is -1.30. The van der Waals surface area contributed by atoms with Gasteiger partial charge in [0.05, 0.1) is 0 Å². The van der Waals surface area contributed by atoms with Gasteiger partial charge in [-0.3, -0.25) is 4.79 Å². The van der Waals surface area contributed by atoms with Gasteiger partial charge in [0, 0.05) is 25.6 Å². The molecule has 0 aromatic carbocycles. The Labute approximate surface area is 127 Å². The molecule has 2 amide bonds. The van der Waals surface area contributed by atoms with E-state index >= 15 is 0 Å². The number of nitrogens with one attached hydrogen (secondary N) is 2. The molecule has 1 aliphatic rings. The Kier molecular flexibility index (Phi) is 8.82. The van der Waals surface area contributed by atoms with E-state index in [1.54, 1.807) is 0 Å². The molecule has 0 unspecified atom stereocenters. The minimum Gasteiger partial charge on any atom is -0.481 e. The molecule has 0 atom stereocenters. The predicted octanol–water partition coefficient (Wildman–Crippen LogP) is 1.80. The van der Waals surface area contributed by atoms with E-state index in [-0.39, 0.29) is 12.5 Å². The van der Waals surface area contributed by atoms with E-state index < -0.39 is 5.97 Å². The van der Waals surface area contributed by atoms with Gasteiger partial charge >= 0.3 is 12.0 Å². The van der Waals surface area contributed by atoms with Crippen molar-refractivity contribution >= 4 is 12.0 Å². The number of carbonyl (C=O) groups is 2. The van der Waals surface area contributed by atoms with Crippen molar-refractivity contribution in [1.29, 1.82) is 0 Å². The molecule has 1 aliphatic heterocycles. The second-order valence-electron chi connectivity index (χ2n) is 5.56. The summed E-state index contributed by atoms with van der Waals surface area (Å²) in [5.74, 6) is -0.733. The topological polar surface area (TPSA) is 81.7 Å². The fourth-order valence-electron chi connectivity index (χ4n) is 2.74. The van der Waals surface area contributed by atoms with Crippen LogP contribution in [0, 0.1) is 0 Å². The van der Waals surface area contributed by atoms with Crippen molar-refractivity contribution in [3.63, 3.8) is 0 Å². The lowest BCUT2D eigenvalue weighted by Gasteiger charge is -2.33. The zero-order chi connectivity index (χ0) is 15.5. The number of urea groups is 1. The molecule has 6 nitrogen and oxygen atoms in total. The van der Waals surface area contributed by atoms with Crippen molar-refractivity contribution in [2.75, 3.05) is 26.2 Å². The predicted molar refractivity (Wildman–Crippen MR) is 82.4 cm³/mol. The summed E-state index contributed by atoms with van der Waals surface area (Å²) in [4.78, 5) is 24.5. The number of hydrogen-bond acceptors (Lipinski definition) is 3. The lowest BCUT2D eigenvalue weighted by molar-refractivity contribution is -0.137. The van der Waals surface area contributed by atoms with Gasteiger partial charge in [-0.05, 0) is 45.7 Å². The van der Waals surface area contributed by atoms with Gasteiger partial charge in [-0.25, -0.2) is 4.79 Å². The van der Waals surface area contributed by atoms with E-state index in [9.17, 15) is 9.59 Å². The zero-order valence-electron chi connectivity index (χ0n) is 13.1. The van der Waals surface area contributed by atoms with Crippen LogP contribution < -0.4 is 10.6 Å². The quantitative estimate of drug-likeness (QED) is 0.567. The third-order valence-electron chi connectivity index (χ3n) is 3.94. The average Bonchev–Trinajstić information content (AvgIpc) is 2.48. The molecule has 0 aliphatic carbocycles. The van der Waals surface area contributed by atoms with Crippen molar-refractivity contribution in [3.05, 3.63) is 0 Å². The Morgan fingerprint density at radius 3 is 2.48 bits per heavy atom. The van der Waals surface area contributed by atoms with Gasteiger partial charge in [-0.1, -0.05) is 12.8 Å². The molecule has 21 heavy (non-hydrogen) atoms. The number of carboxylic acids is 1. The highest BCUT2D eigenvalue weighted by Gasteiger charge is 2.23. The number of nitrogens with zero attached hydrogens (tertiary/aromatic N) is 1. The summed E-state index contributed by atoms with van der Waals surface area (Å²) in [5.41, 5.74) is 0. The number of unbranched alkanes of at least 4 members (excludes halogenated alkanes) is 3. The normalized spacial score (nSPS) is 15.7. The molecule has 1 heterocycles. The number of aliphatic carboxylic acids is 1. The molecule has 0 aromatic heterocycles. The lowest BCUT2D eigenvalue weighted by Crippen LogP contribution is -2.50. The summed E-state index contributed by atoms with van der Waals surface area (Å²) >= 11 is 0. The van der Waals surface area contributed by atoms with E-state index in [1.807, 2.05) is 11.8 Å². The maximum absolute atomic E-state index is 12.2. The van der Waals surface area contributed by atoms with Crippen molar-refractivity contribution in [3.8, 4) is 0 Å². The van der Waals surface area contributed by atoms with Crippen molar-refractivity contribution in [2.45, 2.75) is 57.9 Å². The summed E-state index contributed by atoms with van der Waals surface area (Å²) in [7, 11) is 0. The van der Waals surface area contributed by atoms with Crippen molar-refractivity contribution in [1.82, 2.24) is 15.5 Å². The molecule has 122 valence electrons.